The van der Waals surface area contributed by atoms with Crippen molar-refractivity contribution in [1.82, 2.24) is 9.55 Å². The van der Waals surface area contributed by atoms with Gasteiger partial charge in [-0.25, -0.2) is 10.8 Å². The second kappa shape index (κ2) is 2.71. The van der Waals surface area contributed by atoms with Gasteiger partial charge in [-0.2, -0.15) is 0 Å². The van der Waals surface area contributed by atoms with Gasteiger partial charge >= 0.3 is 0 Å². The van der Waals surface area contributed by atoms with Gasteiger partial charge in [0.05, 0.1) is 0 Å². The summed E-state index contributed by atoms with van der Waals surface area (Å²) in [7, 11) is 1.67. The van der Waals surface area contributed by atoms with Crippen LogP contribution in [0.4, 0.5) is 5.82 Å². The number of hydrogen-bond acceptors (Lipinski definition) is 4. The van der Waals surface area contributed by atoms with Crippen LogP contribution >= 0.6 is 0 Å². The normalized spacial score (nSPS) is 9.73. The minimum atomic E-state index is -0.215. The van der Waals surface area contributed by atoms with Crippen molar-refractivity contribution in [2.45, 2.75) is 6.92 Å². The topological polar surface area (TPSA) is 72.9 Å². The lowest BCUT2D eigenvalue weighted by molar-refractivity contribution is 0.801. The molecule has 1 rings (SSSR count). The zero-order valence-electron chi connectivity index (χ0n) is 6.46. The summed E-state index contributed by atoms with van der Waals surface area (Å²) >= 11 is 0. The first-order chi connectivity index (χ1) is 5.16. The third-order valence-electron chi connectivity index (χ3n) is 1.55. The first-order valence-corrected chi connectivity index (χ1v) is 3.16. The summed E-state index contributed by atoms with van der Waals surface area (Å²) < 4.78 is 1.47. The monoisotopic (exact) mass is 154 g/mol. The number of aromatic nitrogens is 2. The first-order valence-electron chi connectivity index (χ1n) is 3.16. The van der Waals surface area contributed by atoms with Crippen molar-refractivity contribution in [1.29, 1.82) is 0 Å². The summed E-state index contributed by atoms with van der Waals surface area (Å²) in [6.07, 6.45) is 1.58. The van der Waals surface area contributed by atoms with Crippen LogP contribution in [0.2, 0.25) is 0 Å². The summed E-state index contributed by atoms with van der Waals surface area (Å²) in [5.74, 6) is 5.21. The molecule has 0 aliphatic carbocycles. The van der Waals surface area contributed by atoms with E-state index < -0.39 is 0 Å². The fourth-order valence-electron chi connectivity index (χ4n) is 0.718. The van der Waals surface area contributed by atoms with Gasteiger partial charge in [0.25, 0.3) is 5.56 Å². The average molecular weight is 154 g/mol. The smallest absolute Gasteiger partial charge is 0.294 e. The summed E-state index contributed by atoms with van der Waals surface area (Å²) in [5.41, 5.74) is 2.80. The predicted octanol–water partition coefficient (Wildman–Crippen LogP) is -0.626. The van der Waals surface area contributed by atoms with Crippen LogP contribution < -0.4 is 16.8 Å². The number of rotatable bonds is 1. The van der Waals surface area contributed by atoms with Crippen molar-refractivity contribution in [2.24, 2.45) is 12.9 Å². The van der Waals surface area contributed by atoms with Crippen LogP contribution in [0.25, 0.3) is 0 Å². The number of anilines is 1. The maximum absolute atomic E-state index is 11.2. The van der Waals surface area contributed by atoms with Crippen LogP contribution in [-0.4, -0.2) is 9.55 Å². The molecular formula is C6H10N4O. The standard InChI is InChI=1S/C6H10N4O/c1-4-3-8-5(9-7)6(11)10(4)2/h3H,7H2,1-2H3,(H,8,9). The third kappa shape index (κ3) is 1.22. The zero-order valence-corrected chi connectivity index (χ0v) is 6.46. The number of aryl methyl sites for hydroxylation is 1. The molecule has 5 nitrogen and oxygen atoms in total. The second-order valence-electron chi connectivity index (χ2n) is 2.26. The highest BCUT2D eigenvalue weighted by Crippen LogP contribution is 1.92. The molecule has 1 aromatic heterocycles. The van der Waals surface area contributed by atoms with Gasteiger partial charge in [-0.1, -0.05) is 0 Å². The Morgan fingerprint density at radius 2 is 2.36 bits per heavy atom. The van der Waals surface area contributed by atoms with Gasteiger partial charge in [0.1, 0.15) is 0 Å². The van der Waals surface area contributed by atoms with Crippen LogP contribution in [0, 0.1) is 6.92 Å². The molecule has 1 heterocycles. The van der Waals surface area contributed by atoms with Gasteiger partial charge in [0.2, 0.25) is 5.82 Å². The molecule has 0 atom stereocenters. The Morgan fingerprint density at radius 1 is 1.73 bits per heavy atom. The van der Waals surface area contributed by atoms with Crippen LogP contribution in [0.5, 0.6) is 0 Å². The molecule has 0 fully saturated rings. The van der Waals surface area contributed by atoms with E-state index in [-0.39, 0.29) is 11.4 Å². The molecule has 3 N–H and O–H groups in total. The zero-order chi connectivity index (χ0) is 8.43. The highest BCUT2D eigenvalue weighted by atomic mass is 16.1. The van der Waals surface area contributed by atoms with E-state index >= 15 is 0 Å². The first kappa shape index (κ1) is 7.74. The molecule has 0 amide bonds. The summed E-state index contributed by atoms with van der Waals surface area (Å²) in [6, 6.07) is 0. The molecule has 5 heteroatoms. The molecule has 11 heavy (non-hydrogen) atoms. The third-order valence-corrected chi connectivity index (χ3v) is 1.55. The van der Waals surface area contributed by atoms with Crippen molar-refractivity contribution >= 4 is 5.82 Å². The molecule has 0 spiro atoms. The van der Waals surface area contributed by atoms with E-state index in [1.807, 2.05) is 0 Å². The van der Waals surface area contributed by atoms with Gasteiger partial charge in [-0.05, 0) is 6.92 Å². The fourth-order valence-corrected chi connectivity index (χ4v) is 0.718. The number of nitrogens with two attached hydrogens (primary N) is 1. The van der Waals surface area contributed by atoms with E-state index in [0.717, 1.165) is 5.69 Å². The van der Waals surface area contributed by atoms with Crippen LogP contribution in [0.1, 0.15) is 5.69 Å². The SMILES string of the molecule is Cc1cnc(NN)c(=O)n1C. The van der Waals surface area contributed by atoms with Gasteiger partial charge in [0, 0.05) is 18.9 Å². The molecule has 0 saturated heterocycles. The number of nitrogens with one attached hydrogen (secondary N) is 1. The summed E-state index contributed by atoms with van der Waals surface area (Å²) in [4.78, 5) is 15.0. The highest BCUT2D eigenvalue weighted by Gasteiger charge is 2.01. The number of nitrogen functional groups attached to an aromatic ring is 1. The number of hydrazine groups is 1. The molecular weight excluding hydrogens is 144 g/mol. The van der Waals surface area contributed by atoms with Crippen LogP contribution in [0.3, 0.4) is 0 Å². The van der Waals surface area contributed by atoms with Crippen molar-refractivity contribution in [2.75, 3.05) is 5.43 Å². The Kier molecular flexibility index (Phi) is 1.91. The van der Waals surface area contributed by atoms with Gasteiger partial charge in [0.15, 0.2) is 0 Å². The van der Waals surface area contributed by atoms with Crippen molar-refractivity contribution < 1.29 is 0 Å². The van der Waals surface area contributed by atoms with Crippen LogP contribution in [0.15, 0.2) is 11.0 Å². The van der Waals surface area contributed by atoms with E-state index in [2.05, 4.69) is 10.4 Å². The fraction of sp³-hybridized carbons (Fsp3) is 0.333. The lowest BCUT2D eigenvalue weighted by Crippen LogP contribution is -2.26. The molecule has 0 aliphatic rings. The maximum Gasteiger partial charge on any atom is 0.294 e. The molecule has 1 aromatic rings. The highest BCUT2D eigenvalue weighted by molar-refractivity contribution is 5.29. The Labute approximate surface area is 63.8 Å². The molecule has 0 bridgehead atoms. The second-order valence-corrected chi connectivity index (χ2v) is 2.26. The average Bonchev–Trinajstić information content (AvgIpc) is 2.01. The van der Waals surface area contributed by atoms with E-state index in [9.17, 15) is 4.79 Å². The van der Waals surface area contributed by atoms with E-state index in [0.29, 0.717) is 0 Å². The molecule has 0 unspecified atom stereocenters. The minimum Gasteiger partial charge on any atom is -0.311 e. The lowest BCUT2D eigenvalue weighted by Gasteiger charge is -2.03. The van der Waals surface area contributed by atoms with Crippen molar-refractivity contribution in [3.63, 3.8) is 0 Å². The van der Waals surface area contributed by atoms with E-state index in [4.69, 9.17) is 5.84 Å². The minimum absolute atomic E-state index is 0.165. The quantitative estimate of drug-likeness (QED) is 0.417. The van der Waals surface area contributed by atoms with Crippen molar-refractivity contribution in [3.05, 3.63) is 22.2 Å². The maximum atomic E-state index is 11.2. The van der Waals surface area contributed by atoms with Gasteiger partial charge < -0.3 is 9.99 Å². The predicted molar refractivity (Wildman–Crippen MR) is 42.0 cm³/mol. The summed E-state index contributed by atoms with van der Waals surface area (Å²) in [5, 5.41) is 0. The number of hydrogen-bond donors (Lipinski definition) is 2. The van der Waals surface area contributed by atoms with E-state index in [1.54, 1.807) is 20.2 Å². The van der Waals surface area contributed by atoms with E-state index in [1.165, 1.54) is 4.57 Å². The summed E-state index contributed by atoms with van der Waals surface area (Å²) in [6.45, 7) is 1.80. The van der Waals surface area contributed by atoms with Crippen molar-refractivity contribution in [3.8, 4) is 0 Å². The van der Waals surface area contributed by atoms with Gasteiger partial charge in [-0.15, -0.1) is 0 Å². The molecule has 0 radical (unpaired) electrons. The number of nitrogens with zero attached hydrogens (tertiary/aromatic N) is 2. The Balaban J connectivity index is 3.37. The molecule has 0 aromatic carbocycles. The Bertz CT molecular complexity index is 317. The Hall–Kier alpha value is -1.36. The molecule has 0 aliphatic heterocycles. The lowest BCUT2D eigenvalue weighted by atomic mass is 10.5. The largest absolute Gasteiger partial charge is 0.311 e. The van der Waals surface area contributed by atoms with Gasteiger partial charge in [-0.3, -0.25) is 4.79 Å². The Morgan fingerprint density at radius 3 is 2.91 bits per heavy atom. The van der Waals surface area contributed by atoms with Crippen LogP contribution in [-0.2, 0) is 7.05 Å². The molecule has 0 saturated carbocycles. The molecule has 60 valence electrons.